The van der Waals surface area contributed by atoms with Gasteiger partial charge in [0.1, 0.15) is 0 Å². The van der Waals surface area contributed by atoms with E-state index in [0.29, 0.717) is 11.0 Å². The van der Waals surface area contributed by atoms with Crippen molar-refractivity contribution >= 4 is 22.5 Å². The summed E-state index contributed by atoms with van der Waals surface area (Å²) in [6.45, 7) is 0. The molecule has 0 bridgehead atoms. The third-order valence-electron chi connectivity index (χ3n) is 1.69. The molecule has 6 nitrogen and oxygen atoms in total. The van der Waals surface area contributed by atoms with Gasteiger partial charge in [0, 0.05) is 12.1 Å². The van der Waals surface area contributed by atoms with E-state index in [9.17, 15) is 10.1 Å². The summed E-state index contributed by atoms with van der Waals surface area (Å²) >= 11 is 0. The highest BCUT2D eigenvalue weighted by Crippen LogP contribution is 2.24. The lowest BCUT2D eigenvalue weighted by atomic mass is 10.2. The second kappa shape index (κ2) is 2.44. The van der Waals surface area contributed by atoms with E-state index in [-0.39, 0.29) is 11.5 Å². The number of nitro groups is 1. The fraction of sp³-hybridized carbons (Fsp3) is 0. The minimum atomic E-state index is -0.494. The fourth-order valence-corrected chi connectivity index (χ4v) is 1.06. The van der Waals surface area contributed by atoms with Crippen LogP contribution >= 0.6 is 0 Å². The molecule has 2 aromatic rings. The van der Waals surface area contributed by atoms with Crippen LogP contribution in [0.4, 0.5) is 11.5 Å². The maximum atomic E-state index is 10.4. The smallest absolute Gasteiger partial charge is 0.270 e. The molecule has 1 aromatic carbocycles. The summed E-state index contributed by atoms with van der Waals surface area (Å²) in [6.07, 6.45) is 0. The third-order valence-corrected chi connectivity index (χ3v) is 1.69. The minimum Gasteiger partial charge on any atom is -0.380 e. The molecule has 0 atom stereocenters. The van der Waals surface area contributed by atoms with Gasteiger partial charge in [0.15, 0.2) is 11.4 Å². The number of hydrogen-bond acceptors (Lipinski definition) is 5. The highest BCUT2D eigenvalue weighted by molar-refractivity contribution is 5.88. The zero-order valence-electron chi connectivity index (χ0n) is 6.43. The van der Waals surface area contributed by atoms with Crippen LogP contribution in [-0.4, -0.2) is 10.1 Å². The molecule has 0 amide bonds. The molecule has 0 aliphatic heterocycles. The van der Waals surface area contributed by atoms with Crippen molar-refractivity contribution in [3.8, 4) is 0 Å². The van der Waals surface area contributed by atoms with Crippen molar-refractivity contribution in [3.05, 3.63) is 28.3 Å². The van der Waals surface area contributed by atoms with Crippen molar-refractivity contribution in [2.75, 3.05) is 5.73 Å². The Labute approximate surface area is 72.1 Å². The summed E-state index contributed by atoms with van der Waals surface area (Å²) in [6, 6.07) is 4.14. The van der Waals surface area contributed by atoms with Crippen LogP contribution in [0.1, 0.15) is 0 Å². The van der Waals surface area contributed by atoms with E-state index < -0.39 is 4.92 Å². The quantitative estimate of drug-likeness (QED) is 0.526. The SMILES string of the molecule is Nc1noc2ccc([N+](=O)[O-])cc12. The van der Waals surface area contributed by atoms with E-state index in [1.54, 1.807) is 0 Å². The number of nitro benzene ring substituents is 1. The van der Waals surface area contributed by atoms with E-state index in [4.69, 9.17) is 10.3 Å². The predicted octanol–water partition coefficient (Wildman–Crippen LogP) is 1.32. The standard InChI is InChI=1S/C7H5N3O3/c8-7-5-3-4(10(11)12)1-2-6(5)13-9-7/h1-3H,(H2,8,9). The number of nitrogens with zero attached hydrogens (tertiary/aromatic N) is 2. The summed E-state index contributed by atoms with van der Waals surface area (Å²) in [5, 5.41) is 14.3. The molecule has 6 heteroatoms. The third kappa shape index (κ3) is 1.08. The van der Waals surface area contributed by atoms with Gasteiger partial charge in [0.2, 0.25) is 0 Å². The second-order valence-corrected chi connectivity index (χ2v) is 2.51. The highest BCUT2D eigenvalue weighted by atomic mass is 16.6. The number of rotatable bonds is 1. The number of benzene rings is 1. The zero-order chi connectivity index (χ0) is 9.42. The highest BCUT2D eigenvalue weighted by Gasteiger charge is 2.10. The van der Waals surface area contributed by atoms with Gasteiger partial charge in [-0.05, 0) is 6.07 Å². The molecule has 0 aliphatic rings. The Hall–Kier alpha value is -2.11. The van der Waals surface area contributed by atoms with Crippen LogP contribution in [0.5, 0.6) is 0 Å². The number of fused-ring (bicyclic) bond motifs is 1. The van der Waals surface area contributed by atoms with Gasteiger partial charge in [-0.15, -0.1) is 0 Å². The fourth-order valence-electron chi connectivity index (χ4n) is 1.06. The molecular weight excluding hydrogens is 174 g/mol. The lowest BCUT2D eigenvalue weighted by Crippen LogP contribution is -1.88. The van der Waals surface area contributed by atoms with Gasteiger partial charge in [-0.1, -0.05) is 5.16 Å². The molecule has 0 radical (unpaired) electrons. The van der Waals surface area contributed by atoms with Gasteiger partial charge in [0.05, 0.1) is 10.3 Å². The van der Waals surface area contributed by atoms with E-state index in [0.717, 1.165) is 0 Å². The van der Waals surface area contributed by atoms with E-state index in [1.165, 1.54) is 18.2 Å². The number of aromatic nitrogens is 1. The molecule has 0 saturated heterocycles. The van der Waals surface area contributed by atoms with Crippen molar-refractivity contribution in [1.29, 1.82) is 0 Å². The average molecular weight is 179 g/mol. The monoisotopic (exact) mass is 179 g/mol. The largest absolute Gasteiger partial charge is 0.380 e. The number of hydrogen-bond donors (Lipinski definition) is 1. The van der Waals surface area contributed by atoms with Crippen molar-refractivity contribution in [2.45, 2.75) is 0 Å². The van der Waals surface area contributed by atoms with Crippen LogP contribution in [-0.2, 0) is 0 Å². The normalized spacial score (nSPS) is 10.5. The zero-order valence-corrected chi connectivity index (χ0v) is 6.43. The van der Waals surface area contributed by atoms with E-state index in [2.05, 4.69) is 5.16 Å². The summed E-state index contributed by atoms with van der Waals surface area (Å²) < 4.78 is 4.79. The lowest BCUT2D eigenvalue weighted by Gasteiger charge is -1.89. The van der Waals surface area contributed by atoms with E-state index in [1.807, 2.05) is 0 Å². The Morgan fingerprint density at radius 1 is 1.54 bits per heavy atom. The van der Waals surface area contributed by atoms with Crippen LogP contribution in [0.15, 0.2) is 22.7 Å². The van der Waals surface area contributed by atoms with Crippen molar-refractivity contribution in [2.24, 2.45) is 0 Å². The number of anilines is 1. The molecule has 66 valence electrons. The average Bonchev–Trinajstić information content (AvgIpc) is 2.47. The topological polar surface area (TPSA) is 95.2 Å². The Kier molecular flexibility index (Phi) is 1.42. The van der Waals surface area contributed by atoms with Gasteiger partial charge in [0.25, 0.3) is 5.69 Å². The summed E-state index contributed by atoms with van der Waals surface area (Å²) in [7, 11) is 0. The van der Waals surface area contributed by atoms with Crippen LogP contribution in [0.2, 0.25) is 0 Å². The Balaban J connectivity index is 2.72. The van der Waals surface area contributed by atoms with Crippen molar-refractivity contribution in [1.82, 2.24) is 5.16 Å². The first-order valence-corrected chi connectivity index (χ1v) is 3.48. The molecule has 0 aliphatic carbocycles. The molecule has 0 spiro atoms. The van der Waals surface area contributed by atoms with Gasteiger partial charge in [-0.3, -0.25) is 10.1 Å². The van der Waals surface area contributed by atoms with Crippen LogP contribution in [0.3, 0.4) is 0 Å². The van der Waals surface area contributed by atoms with E-state index >= 15 is 0 Å². The number of nitrogens with two attached hydrogens (primary N) is 1. The van der Waals surface area contributed by atoms with Crippen LogP contribution in [0.25, 0.3) is 11.0 Å². The first-order valence-electron chi connectivity index (χ1n) is 3.48. The number of nitrogen functional groups attached to an aromatic ring is 1. The predicted molar refractivity (Wildman–Crippen MR) is 45.1 cm³/mol. The van der Waals surface area contributed by atoms with Gasteiger partial charge in [-0.2, -0.15) is 0 Å². The maximum Gasteiger partial charge on any atom is 0.270 e. The minimum absolute atomic E-state index is 0.0256. The second-order valence-electron chi connectivity index (χ2n) is 2.51. The molecule has 1 aromatic heterocycles. The van der Waals surface area contributed by atoms with Crippen molar-refractivity contribution in [3.63, 3.8) is 0 Å². The first-order chi connectivity index (χ1) is 6.18. The Morgan fingerprint density at radius 2 is 2.31 bits per heavy atom. The Morgan fingerprint density at radius 3 is 3.00 bits per heavy atom. The Bertz CT molecular complexity index is 477. The van der Waals surface area contributed by atoms with Gasteiger partial charge in [-0.25, -0.2) is 0 Å². The summed E-state index contributed by atoms with van der Waals surface area (Å²) in [4.78, 5) is 9.90. The molecule has 2 N–H and O–H groups in total. The molecule has 2 rings (SSSR count). The molecular formula is C7H5N3O3. The number of non-ortho nitro benzene ring substituents is 1. The molecule has 0 fully saturated rings. The first kappa shape index (κ1) is 7.53. The summed E-state index contributed by atoms with van der Waals surface area (Å²) in [5.74, 6) is 0.165. The molecule has 13 heavy (non-hydrogen) atoms. The van der Waals surface area contributed by atoms with Crippen LogP contribution in [0, 0.1) is 10.1 Å². The van der Waals surface area contributed by atoms with Crippen LogP contribution < -0.4 is 5.73 Å². The maximum absolute atomic E-state index is 10.4. The summed E-state index contributed by atoms with van der Waals surface area (Å²) in [5.41, 5.74) is 5.84. The molecule has 0 saturated carbocycles. The molecule has 1 heterocycles. The molecule has 0 unspecified atom stereocenters. The van der Waals surface area contributed by atoms with Gasteiger partial charge >= 0.3 is 0 Å². The lowest BCUT2D eigenvalue weighted by molar-refractivity contribution is -0.384. The van der Waals surface area contributed by atoms with Crippen molar-refractivity contribution < 1.29 is 9.45 Å². The van der Waals surface area contributed by atoms with Gasteiger partial charge < -0.3 is 10.3 Å².